The van der Waals surface area contributed by atoms with Crippen LogP contribution in [-0.4, -0.2) is 11.2 Å². The molecule has 0 atom stereocenters. The predicted octanol–water partition coefficient (Wildman–Crippen LogP) is 3.10. The molecular formula is C16H16BrNO2. The maximum Gasteiger partial charge on any atom is 0.253 e. The number of aryl methyl sites for hydroxylation is 3. The maximum absolute atomic E-state index is 12.1. The van der Waals surface area contributed by atoms with E-state index in [1.165, 1.54) is 11.1 Å². The van der Waals surface area contributed by atoms with Gasteiger partial charge in [-0.05, 0) is 52.5 Å². The van der Waals surface area contributed by atoms with Crippen molar-refractivity contribution < 1.29 is 4.74 Å². The number of pyridine rings is 1. The lowest BCUT2D eigenvalue weighted by Gasteiger charge is -2.09. The summed E-state index contributed by atoms with van der Waals surface area (Å²) in [6.07, 6.45) is 3.69. The molecule has 0 spiro atoms. The lowest BCUT2D eigenvalue weighted by atomic mass is 10.1. The Kier molecular flexibility index (Phi) is 3.66. The van der Waals surface area contributed by atoms with Gasteiger partial charge in [0.15, 0.2) is 0 Å². The number of hydrogen-bond donors (Lipinski definition) is 0. The van der Waals surface area contributed by atoms with Crippen LogP contribution in [0.5, 0.6) is 5.75 Å². The summed E-state index contributed by atoms with van der Waals surface area (Å²) in [5, 5.41) is 0. The summed E-state index contributed by atoms with van der Waals surface area (Å²) in [6, 6.07) is 8.16. The molecule has 1 aliphatic heterocycles. The fourth-order valence-corrected chi connectivity index (χ4v) is 3.14. The number of benzene rings is 1. The molecule has 0 bridgehead atoms. The Hall–Kier alpha value is -1.55. The molecule has 4 heteroatoms. The molecule has 20 heavy (non-hydrogen) atoms. The third-order valence-corrected chi connectivity index (χ3v) is 4.06. The van der Waals surface area contributed by atoms with Crippen LogP contribution in [0.1, 0.15) is 16.7 Å². The first-order valence-corrected chi connectivity index (χ1v) is 7.54. The second-order valence-electron chi connectivity index (χ2n) is 5.13. The smallest absolute Gasteiger partial charge is 0.253 e. The number of ether oxygens (including phenoxy) is 1. The van der Waals surface area contributed by atoms with Crippen molar-refractivity contribution in [3.63, 3.8) is 0 Å². The summed E-state index contributed by atoms with van der Waals surface area (Å²) in [5.74, 6) is 1.00. The molecule has 0 fully saturated rings. The summed E-state index contributed by atoms with van der Waals surface area (Å²) in [5.41, 5.74) is 3.37. The topological polar surface area (TPSA) is 31.2 Å². The largest absolute Gasteiger partial charge is 0.493 e. The van der Waals surface area contributed by atoms with E-state index in [0.29, 0.717) is 6.54 Å². The van der Waals surface area contributed by atoms with Crippen molar-refractivity contribution in [2.45, 2.75) is 26.3 Å². The highest BCUT2D eigenvalue weighted by Crippen LogP contribution is 2.26. The van der Waals surface area contributed by atoms with Crippen molar-refractivity contribution in [2.75, 3.05) is 6.61 Å². The Labute approximate surface area is 126 Å². The molecule has 1 aromatic carbocycles. The molecule has 0 unspecified atom stereocenters. The van der Waals surface area contributed by atoms with E-state index in [1.807, 2.05) is 25.3 Å². The summed E-state index contributed by atoms with van der Waals surface area (Å²) in [6.45, 7) is 3.32. The minimum absolute atomic E-state index is 0.0812. The third kappa shape index (κ3) is 2.66. The Balaban J connectivity index is 1.78. The molecule has 2 heterocycles. The van der Waals surface area contributed by atoms with Crippen LogP contribution in [0.3, 0.4) is 0 Å². The van der Waals surface area contributed by atoms with Gasteiger partial charge in [0.05, 0.1) is 6.61 Å². The van der Waals surface area contributed by atoms with E-state index >= 15 is 0 Å². The monoisotopic (exact) mass is 333 g/mol. The van der Waals surface area contributed by atoms with Gasteiger partial charge in [-0.3, -0.25) is 4.79 Å². The second-order valence-corrected chi connectivity index (χ2v) is 6.05. The Morgan fingerprint density at radius 1 is 1.35 bits per heavy atom. The Bertz CT molecular complexity index is 706. The first-order chi connectivity index (χ1) is 9.63. The molecule has 3 rings (SSSR count). The van der Waals surface area contributed by atoms with Gasteiger partial charge in [-0.25, -0.2) is 0 Å². The maximum atomic E-state index is 12.1. The molecule has 1 aliphatic rings. The Morgan fingerprint density at radius 2 is 2.20 bits per heavy atom. The molecular weight excluding hydrogens is 318 g/mol. The summed E-state index contributed by atoms with van der Waals surface area (Å²) in [7, 11) is 0. The zero-order valence-electron chi connectivity index (χ0n) is 11.4. The average Bonchev–Trinajstić information content (AvgIpc) is 2.88. The molecule has 1 aromatic heterocycles. The molecule has 0 aliphatic carbocycles. The van der Waals surface area contributed by atoms with E-state index in [2.05, 4.69) is 28.1 Å². The number of aromatic nitrogens is 1. The van der Waals surface area contributed by atoms with Crippen molar-refractivity contribution >= 4 is 15.9 Å². The molecule has 0 N–H and O–H groups in total. The van der Waals surface area contributed by atoms with Crippen molar-refractivity contribution in [3.8, 4) is 5.75 Å². The number of hydrogen-bond acceptors (Lipinski definition) is 2. The van der Waals surface area contributed by atoms with Gasteiger partial charge in [0.25, 0.3) is 5.56 Å². The fraction of sp³-hybridized carbons (Fsp3) is 0.312. The van der Waals surface area contributed by atoms with Gasteiger partial charge in [-0.15, -0.1) is 0 Å². The van der Waals surface area contributed by atoms with E-state index in [1.54, 1.807) is 4.57 Å². The lowest BCUT2D eigenvalue weighted by Crippen LogP contribution is -2.22. The fourth-order valence-electron chi connectivity index (χ4n) is 2.55. The molecule has 0 radical (unpaired) electrons. The predicted molar refractivity (Wildman–Crippen MR) is 82.5 cm³/mol. The van der Waals surface area contributed by atoms with E-state index in [-0.39, 0.29) is 5.56 Å². The molecule has 3 nitrogen and oxygen atoms in total. The van der Waals surface area contributed by atoms with E-state index < -0.39 is 0 Å². The first kappa shape index (κ1) is 13.4. The van der Waals surface area contributed by atoms with Gasteiger partial charge < -0.3 is 9.30 Å². The standard InChI is InChI=1S/C16H16BrNO2/c1-11-8-14(17)10-18(16(11)19)6-4-12-2-3-15-13(9-12)5-7-20-15/h2-3,8-10H,4-7H2,1H3. The lowest BCUT2D eigenvalue weighted by molar-refractivity contribution is 0.357. The van der Waals surface area contributed by atoms with Gasteiger partial charge >= 0.3 is 0 Å². The summed E-state index contributed by atoms with van der Waals surface area (Å²) in [4.78, 5) is 12.1. The molecule has 0 saturated heterocycles. The SMILES string of the molecule is Cc1cc(Br)cn(CCc2ccc3c(c2)CCO3)c1=O. The Morgan fingerprint density at radius 3 is 3.05 bits per heavy atom. The quantitative estimate of drug-likeness (QED) is 0.864. The minimum atomic E-state index is 0.0812. The third-order valence-electron chi connectivity index (χ3n) is 3.63. The van der Waals surface area contributed by atoms with Crippen LogP contribution in [-0.2, 0) is 19.4 Å². The molecule has 2 aromatic rings. The van der Waals surface area contributed by atoms with Crippen molar-refractivity contribution in [1.29, 1.82) is 0 Å². The normalized spacial score (nSPS) is 13.1. The number of fused-ring (bicyclic) bond motifs is 1. The summed E-state index contributed by atoms with van der Waals surface area (Å²) < 4.78 is 8.21. The van der Waals surface area contributed by atoms with E-state index in [4.69, 9.17) is 4.74 Å². The van der Waals surface area contributed by atoms with Crippen LogP contribution in [0.4, 0.5) is 0 Å². The van der Waals surface area contributed by atoms with Crippen LogP contribution in [0.25, 0.3) is 0 Å². The van der Waals surface area contributed by atoms with E-state index in [9.17, 15) is 4.79 Å². The van der Waals surface area contributed by atoms with Crippen LogP contribution in [0.15, 0.2) is 39.7 Å². The average molecular weight is 334 g/mol. The van der Waals surface area contributed by atoms with Gasteiger partial charge in [0.2, 0.25) is 0 Å². The number of rotatable bonds is 3. The molecule has 104 valence electrons. The van der Waals surface area contributed by atoms with Crippen molar-refractivity contribution in [1.82, 2.24) is 4.57 Å². The van der Waals surface area contributed by atoms with Crippen LogP contribution < -0.4 is 10.3 Å². The summed E-state index contributed by atoms with van der Waals surface area (Å²) >= 11 is 3.44. The molecule has 0 saturated carbocycles. The zero-order chi connectivity index (χ0) is 14.1. The highest BCUT2D eigenvalue weighted by molar-refractivity contribution is 9.10. The molecule has 0 amide bonds. The van der Waals surface area contributed by atoms with Gasteiger partial charge in [-0.2, -0.15) is 0 Å². The van der Waals surface area contributed by atoms with Crippen LogP contribution >= 0.6 is 15.9 Å². The van der Waals surface area contributed by atoms with Gasteiger partial charge in [-0.1, -0.05) is 12.1 Å². The highest BCUT2D eigenvalue weighted by atomic mass is 79.9. The minimum Gasteiger partial charge on any atom is -0.493 e. The zero-order valence-corrected chi connectivity index (χ0v) is 12.9. The van der Waals surface area contributed by atoms with Gasteiger partial charge in [0, 0.05) is 29.2 Å². The van der Waals surface area contributed by atoms with Crippen LogP contribution in [0, 0.1) is 6.92 Å². The number of halogens is 1. The first-order valence-electron chi connectivity index (χ1n) is 6.75. The highest BCUT2D eigenvalue weighted by Gasteiger charge is 2.12. The van der Waals surface area contributed by atoms with Crippen LogP contribution in [0.2, 0.25) is 0 Å². The van der Waals surface area contributed by atoms with Crippen molar-refractivity contribution in [2.24, 2.45) is 0 Å². The van der Waals surface area contributed by atoms with Crippen molar-refractivity contribution in [3.05, 3.63) is 62.0 Å². The second kappa shape index (κ2) is 5.44. The van der Waals surface area contributed by atoms with Gasteiger partial charge in [0.1, 0.15) is 5.75 Å². The van der Waals surface area contributed by atoms with E-state index in [0.717, 1.165) is 35.2 Å². The number of nitrogens with zero attached hydrogens (tertiary/aromatic N) is 1.